The normalized spacial score (nSPS) is 11.1. The highest BCUT2D eigenvalue weighted by molar-refractivity contribution is 7.17. The molecule has 0 radical (unpaired) electrons. The molecule has 0 saturated heterocycles. The van der Waals surface area contributed by atoms with Crippen LogP contribution in [0.15, 0.2) is 24.7 Å². The fourth-order valence-corrected chi connectivity index (χ4v) is 3.04. The number of aryl methyl sites for hydroxylation is 3. The van der Waals surface area contributed by atoms with Gasteiger partial charge in [-0.1, -0.05) is 0 Å². The molecule has 0 aromatic carbocycles. The van der Waals surface area contributed by atoms with Crippen molar-refractivity contribution in [1.29, 1.82) is 0 Å². The number of anilines is 1. The first-order chi connectivity index (χ1) is 9.15. The van der Waals surface area contributed by atoms with Crippen molar-refractivity contribution in [3.05, 3.63) is 46.5 Å². The maximum atomic E-state index is 4.59. The Morgan fingerprint density at radius 3 is 2.95 bits per heavy atom. The lowest BCUT2D eigenvalue weighted by molar-refractivity contribution is 0.987. The van der Waals surface area contributed by atoms with Crippen LogP contribution in [-0.2, 0) is 6.54 Å². The first kappa shape index (κ1) is 12.2. The molecular formula is C14H16N4S. The van der Waals surface area contributed by atoms with Crippen LogP contribution in [0.3, 0.4) is 0 Å². The van der Waals surface area contributed by atoms with Crippen molar-refractivity contribution in [2.45, 2.75) is 27.3 Å². The van der Waals surface area contributed by atoms with E-state index in [2.05, 4.69) is 46.7 Å². The Morgan fingerprint density at radius 2 is 2.16 bits per heavy atom. The number of rotatable bonds is 3. The molecule has 0 spiro atoms. The zero-order chi connectivity index (χ0) is 13.4. The Labute approximate surface area is 116 Å². The van der Waals surface area contributed by atoms with Gasteiger partial charge in [0.2, 0.25) is 0 Å². The van der Waals surface area contributed by atoms with Crippen molar-refractivity contribution >= 4 is 22.0 Å². The molecule has 5 heteroatoms. The van der Waals surface area contributed by atoms with Crippen LogP contribution in [0.2, 0.25) is 0 Å². The third-order valence-corrected chi connectivity index (χ3v) is 4.12. The average molecular weight is 272 g/mol. The standard InChI is InChI=1S/C14H16N4S/c1-9-4-5-15-6-12(9)16-7-13-11(3)17-14-18(13)8-10(2)19-14/h4-6,8,16H,7H2,1-3H3. The van der Waals surface area contributed by atoms with E-state index in [9.17, 15) is 0 Å². The molecule has 0 saturated carbocycles. The molecular weight excluding hydrogens is 256 g/mol. The van der Waals surface area contributed by atoms with Gasteiger partial charge in [-0.15, -0.1) is 11.3 Å². The first-order valence-corrected chi connectivity index (χ1v) is 7.05. The minimum atomic E-state index is 0.760. The van der Waals surface area contributed by atoms with Crippen LogP contribution in [0.25, 0.3) is 4.96 Å². The van der Waals surface area contributed by atoms with Crippen LogP contribution in [0.5, 0.6) is 0 Å². The number of fused-ring (bicyclic) bond motifs is 1. The van der Waals surface area contributed by atoms with Gasteiger partial charge in [-0.2, -0.15) is 0 Å². The molecule has 0 aliphatic heterocycles. The number of hydrogen-bond acceptors (Lipinski definition) is 4. The summed E-state index contributed by atoms with van der Waals surface area (Å²) in [5, 5.41) is 3.44. The molecule has 0 amide bonds. The lowest BCUT2D eigenvalue weighted by atomic mass is 10.2. The van der Waals surface area contributed by atoms with E-state index < -0.39 is 0 Å². The van der Waals surface area contributed by atoms with Gasteiger partial charge in [0.1, 0.15) is 0 Å². The number of aromatic nitrogens is 3. The maximum absolute atomic E-state index is 4.59. The van der Waals surface area contributed by atoms with E-state index in [4.69, 9.17) is 0 Å². The highest BCUT2D eigenvalue weighted by Gasteiger charge is 2.11. The van der Waals surface area contributed by atoms with E-state index in [1.54, 1.807) is 11.3 Å². The first-order valence-electron chi connectivity index (χ1n) is 6.23. The molecule has 0 atom stereocenters. The van der Waals surface area contributed by atoms with Gasteiger partial charge in [-0.05, 0) is 32.4 Å². The minimum Gasteiger partial charge on any atom is -0.378 e. The molecule has 0 unspecified atom stereocenters. The number of pyridine rings is 1. The van der Waals surface area contributed by atoms with Gasteiger partial charge < -0.3 is 5.32 Å². The lowest BCUT2D eigenvalue weighted by Crippen LogP contribution is -2.05. The summed E-state index contributed by atoms with van der Waals surface area (Å²) in [4.78, 5) is 11.1. The van der Waals surface area contributed by atoms with Gasteiger partial charge in [0.05, 0.1) is 29.8 Å². The molecule has 4 nitrogen and oxygen atoms in total. The van der Waals surface area contributed by atoms with Gasteiger partial charge in [-0.3, -0.25) is 9.38 Å². The zero-order valence-electron chi connectivity index (χ0n) is 11.3. The smallest absolute Gasteiger partial charge is 0.194 e. The maximum Gasteiger partial charge on any atom is 0.194 e. The van der Waals surface area contributed by atoms with Crippen molar-refractivity contribution in [2.24, 2.45) is 0 Å². The van der Waals surface area contributed by atoms with E-state index in [0.29, 0.717) is 0 Å². The largest absolute Gasteiger partial charge is 0.378 e. The summed E-state index contributed by atoms with van der Waals surface area (Å²) in [6, 6.07) is 2.01. The van der Waals surface area contributed by atoms with E-state index in [1.165, 1.54) is 16.1 Å². The number of nitrogens with one attached hydrogen (secondary N) is 1. The van der Waals surface area contributed by atoms with Crippen LogP contribution in [0.1, 0.15) is 21.8 Å². The van der Waals surface area contributed by atoms with Crippen LogP contribution in [-0.4, -0.2) is 14.4 Å². The summed E-state index contributed by atoms with van der Waals surface area (Å²) in [5.41, 5.74) is 4.57. The summed E-state index contributed by atoms with van der Waals surface area (Å²) in [5.74, 6) is 0. The SMILES string of the molecule is Cc1cn2c(CNc3cnccc3C)c(C)nc2s1. The predicted octanol–water partition coefficient (Wildman–Crippen LogP) is 3.33. The Hall–Kier alpha value is -1.88. The molecule has 1 N–H and O–H groups in total. The van der Waals surface area contributed by atoms with E-state index in [0.717, 1.165) is 22.9 Å². The highest BCUT2D eigenvalue weighted by Crippen LogP contribution is 2.22. The zero-order valence-corrected chi connectivity index (χ0v) is 12.1. The van der Waals surface area contributed by atoms with Gasteiger partial charge in [0, 0.05) is 17.3 Å². The van der Waals surface area contributed by atoms with Crippen molar-refractivity contribution in [2.75, 3.05) is 5.32 Å². The molecule has 0 aliphatic rings. The van der Waals surface area contributed by atoms with Crippen molar-refractivity contribution < 1.29 is 0 Å². The molecule has 19 heavy (non-hydrogen) atoms. The highest BCUT2D eigenvalue weighted by atomic mass is 32.1. The topological polar surface area (TPSA) is 42.2 Å². The van der Waals surface area contributed by atoms with Crippen molar-refractivity contribution in [1.82, 2.24) is 14.4 Å². The number of imidazole rings is 1. The summed E-state index contributed by atoms with van der Waals surface area (Å²) >= 11 is 1.72. The Kier molecular flexibility index (Phi) is 2.98. The molecule has 0 fully saturated rings. The fourth-order valence-electron chi connectivity index (χ4n) is 2.15. The second-order valence-electron chi connectivity index (χ2n) is 4.68. The summed E-state index contributed by atoms with van der Waals surface area (Å²) < 4.78 is 2.17. The third-order valence-electron chi connectivity index (χ3n) is 3.23. The minimum absolute atomic E-state index is 0.760. The second-order valence-corrected chi connectivity index (χ2v) is 5.90. The molecule has 0 aliphatic carbocycles. The number of hydrogen-bond donors (Lipinski definition) is 1. The van der Waals surface area contributed by atoms with Gasteiger partial charge in [0.15, 0.2) is 4.96 Å². The van der Waals surface area contributed by atoms with E-state index in [-0.39, 0.29) is 0 Å². The van der Waals surface area contributed by atoms with Crippen LogP contribution >= 0.6 is 11.3 Å². The average Bonchev–Trinajstić information content (AvgIpc) is 2.84. The monoisotopic (exact) mass is 272 g/mol. The van der Waals surface area contributed by atoms with Gasteiger partial charge in [-0.25, -0.2) is 4.98 Å². The van der Waals surface area contributed by atoms with Gasteiger partial charge in [0.25, 0.3) is 0 Å². The molecule has 98 valence electrons. The third kappa shape index (κ3) is 2.21. The Bertz CT molecular complexity index is 726. The summed E-state index contributed by atoms with van der Waals surface area (Å²) in [6.07, 6.45) is 5.82. The molecule has 0 bridgehead atoms. The van der Waals surface area contributed by atoms with E-state index >= 15 is 0 Å². The summed E-state index contributed by atoms with van der Waals surface area (Å²) in [6.45, 7) is 7.01. The van der Waals surface area contributed by atoms with Crippen LogP contribution < -0.4 is 5.32 Å². The number of nitrogens with zero attached hydrogens (tertiary/aromatic N) is 3. The van der Waals surface area contributed by atoms with E-state index in [1.807, 2.05) is 18.5 Å². The van der Waals surface area contributed by atoms with Crippen molar-refractivity contribution in [3.8, 4) is 0 Å². The molecule has 3 aromatic heterocycles. The van der Waals surface area contributed by atoms with Gasteiger partial charge >= 0.3 is 0 Å². The Balaban J connectivity index is 1.89. The lowest BCUT2D eigenvalue weighted by Gasteiger charge is -2.08. The predicted molar refractivity (Wildman–Crippen MR) is 78.8 cm³/mol. The van der Waals surface area contributed by atoms with Crippen LogP contribution in [0, 0.1) is 20.8 Å². The fraction of sp³-hybridized carbons (Fsp3) is 0.286. The second kappa shape index (κ2) is 4.66. The number of thiazole rings is 1. The van der Waals surface area contributed by atoms with Crippen LogP contribution in [0.4, 0.5) is 5.69 Å². The Morgan fingerprint density at radius 1 is 1.32 bits per heavy atom. The molecule has 3 rings (SSSR count). The quantitative estimate of drug-likeness (QED) is 0.795. The summed E-state index contributed by atoms with van der Waals surface area (Å²) in [7, 11) is 0. The molecule has 3 heterocycles. The van der Waals surface area contributed by atoms with Crippen molar-refractivity contribution in [3.63, 3.8) is 0 Å². The molecule has 3 aromatic rings.